The van der Waals surface area contributed by atoms with Gasteiger partial charge in [-0.25, -0.2) is 4.79 Å². The number of nitrogens with zero attached hydrogens (tertiary/aromatic N) is 1. The fourth-order valence-corrected chi connectivity index (χ4v) is 2.37. The number of non-ortho nitro benzene ring substituents is 1. The summed E-state index contributed by atoms with van der Waals surface area (Å²) < 4.78 is 9.87. The molecule has 130 valence electrons. The van der Waals surface area contributed by atoms with Crippen LogP contribution in [0.4, 0.5) is 5.69 Å². The Hall–Kier alpha value is -2.64. The zero-order chi connectivity index (χ0) is 18.6. The van der Waals surface area contributed by atoms with Crippen LogP contribution in [-0.4, -0.2) is 30.4 Å². The minimum atomic E-state index is -0.943. The summed E-state index contributed by atoms with van der Waals surface area (Å²) in [6.45, 7) is -0.569. The van der Waals surface area contributed by atoms with Crippen LogP contribution in [0.1, 0.15) is 20.7 Å². The van der Waals surface area contributed by atoms with Crippen molar-refractivity contribution in [3.05, 3.63) is 67.7 Å². The van der Waals surface area contributed by atoms with Gasteiger partial charge in [0.15, 0.2) is 12.4 Å². The van der Waals surface area contributed by atoms with Crippen molar-refractivity contribution in [3.8, 4) is 5.75 Å². The first-order chi connectivity index (χ1) is 11.8. The lowest BCUT2D eigenvalue weighted by Crippen LogP contribution is -2.15. The molecule has 2 rings (SSSR count). The maximum absolute atomic E-state index is 12.1. The van der Waals surface area contributed by atoms with Crippen LogP contribution in [0, 0.1) is 10.1 Å². The molecule has 0 aromatic heterocycles. The Morgan fingerprint density at radius 3 is 2.44 bits per heavy atom. The highest BCUT2D eigenvalue weighted by atomic mass is 35.5. The number of ether oxygens (including phenoxy) is 2. The van der Waals surface area contributed by atoms with E-state index in [0.717, 1.165) is 12.1 Å². The van der Waals surface area contributed by atoms with Crippen molar-refractivity contribution >= 4 is 40.6 Å². The fraction of sp³-hybridized carbons (Fsp3) is 0.125. The standard InChI is InChI=1S/C16H11Cl2NO6/c1-24-15-5-2-9(6-13(15)18)14(20)8-25-16(21)11-7-10(19(22)23)3-4-12(11)17/h2-7H,8H2,1H3. The number of halogens is 2. The molecule has 7 nitrogen and oxygen atoms in total. The van der Waals surface area contributed by atoms with Gasteiger partial charge < -0.3 is 9.47 Å². The van der Waals surface area contributed by atoms with Gasteiger partial charge >= 0.3 is 5.97 Å². The van der Waals surface area contributed by atoms with E-state index in [2.05, 4.69) is 0 Å². The number of carbonyl (C=O) groups excluding carboxylic acids is 2. The summed E-state index contributed by atoms with van der Waals surface area (Å²) in [6.07, 6.45) is 0. The first-order valence-corrected chi connectivity index (χ1v) is 7.57. The van der Waals surface area contributed by atoms with E-state index in [-0.39, 0.29) is 26.9 Å². The third-order valence-electron chi connectivity index (χ3n) is 3.19. The molecule has 0 amide bonds. The molecule has 0 N–H and O–H groups in total. The van der Waals surface area contributed by atoms with Crippen molar-refractivity contribution in [3.63, 3.8) is 0 Å². The number of ketones is 1. The van der Waals surface area contributed by atoms with E-state index >= 15 is 0 Å². The SMILES string of the molecule is COc1ccc(C(=O)COC(=O)c2cc([N+](=O)[O-])ccc2Cl)cc1Cl. The van der Waals surface area contributed by atoms with Crippen LogP contribution < -0.4 is 4.74 Å². The number of Topliss-reactive ketones (excluding diaryl/α,β-unsaturated/α-hetero) is 1. The molecule has 0 aliphatic rings. The Morgan fingerprint density at radius 1 is 1.12 bits per heavy atom. The summed E-state index contributed by atoms with van der Waals surface area (Å²) in [5.41, 5.74) is -0.287. The number of methoxy groups -OCH3 is 1. The van der Waals surface area contributed by atoms with Gasteiger partial charge in [-0.15, -0.1) is 0 Å². The lowest BCUT2D eigenvalue weighted by molar-refractivity contribution is -0.384. The predicted octanol–water partition coefficient (Wildman–Crippen LogP) is 3.95. The van der Waals surface area contributed by atoms with Gasteiger partial charge in [-0.2, -0.15) is 0 Å². The number of hydrogen-bond donors (Lipinski definition) is 0. The monoisotopic (exact) mass is 383 g/mol. The van der Waals surface area contributed by atoms with Crippen LogP contribution in [-0.2, 0) is 4.74 Å². The third-order valence-corrected chi connectivity index (χ3v) is 3.81. The topological polar surface area (TPSA) is 95.7 Å². The van der Waals surface area contributed by atoms with E-state index < -0.39 is 23.3 Å². The van der Waals surface area contributed by atoms with Gasteiger partial charge in [-0.05, 0) is 24.3 Å². The molecule has 25 heavy (non-hydrogen) atoms. The Bertz CT molecular complexity index is 853. The van der Waals surface area contributed by atoms with Gasteiger partial charge in [-0.3, -0.25) is 14.9 Å². The number of carbonyl (C=O) groups is 2. The lowest BCUT2D eigenvalue weighted by atomic mass is 10.1. The van der Waals surface area contributed by atoms with Crippen LogP contribution in [0.5, 0.6) is 5.75 Å². The molecular weight excluding hydrogens is 373 g/mol. The molecule has 0 atom stereocenters. The maximum atomic E-state index is 12.1. The molecule has 2 aromatic rings. The molecule has 0 radical (unpaired) electrons. The van der Waals surface area contributed by atoms with Crippen molar-refractivity contribution in [2.45, 2.75) is 0 Å². The van der Waals surface area contributed by atoms with Gasteiger partial charge in [0.25, 0.3) is 5.69 Å². The number of nitro benzene ring substituents is 1. The summed E-state index contributed by atoms with van der Waals surface area (Å²) >= 11 is 11.8. The zero-order valence-electron chi connectivity index (χ0n) is 12.8. The summed E-state index contributed by atoms with van der Waals surface area (Å²) in [4.78, 5) is 34.2. The quantitative estimate of drug-likeness (QED) is 0.324. The Kier molecular flexibility index (Phi) is 5.95. The number of hydrogen-bond acceptors (Lipinski definition) is 6. The molecule has 0 bridgehead atoms. The molecule has 0 spiro atoms. The number of esters is 1. The summed E-state index contributed by atoms with van der Waals surface area (Å²) in [6, 6.07) is 7.72. The third kappa shape index (κ3) is 4.46. The van der Waals surface area contributed by atoms with E-state index in [9.17, 15) is 19.7 Å². The van der Waals surface area contributed by atoms with Crippen LogP contribution in [0.15, 0.2) is 36.4 Å². The summed E-state index contributed by atoms with van der Waals surface area (Å²) in [5, 5.41) is 11.0. The van der Waals surface area contributed by atoms with Crippen molar-refractivity contribution in [1.29, 1.82) is 0 Å². The van der Waals surface area contributed by atoms with E-state index in [1.54, 1.807) is 0 Å². The van der Waals surface area contributed by atoms with Crippen LogP contribution in [0.3, 0.4) is 0 Å². The lowest BCUT2D eigenvalue weighted by Gasteiger charge is -2.07. The van der Waals surface area contributed by atoms with Crippen LogP contribution >= 0.6 is 23.2 Å². The van der Waals surface area contributed by atoms with Crippen LogP contribution in [0.25, 0.3) is 0 Å². The molecule has 0 saturated heterocycles. The second kappa shape index (κ2) is 7.96. The molecule has 9 heteroatoms. The zero-order valence-corrected chi connectivity index (χ0v) is 14.3. The predicted molar refractivity (Wildman–Crippen MR) is 90.7 cm³/mol. The van der Waals surface area contributed by atoms with Gasteiger partial charge in [0.2, 0.25) is 0 Å². The van der Waals surface area contributed by atoms with Gasteiger partial charge in [0.05, 0.1) is 27.6 Å². The Morgan fingerprint density at radius 2 is 1.84 bits per heavy atom. The Labute approximate surface area is 152 Å². The molecule has 2 aromatic carbocycles. The average molecular weight is 384 g/mol. The second-order valence-electron chi connectivity index (χ2n) is 4.77. The minimum absolute atomic E-state index is 0.0180. The molecule has 0 aliphatic heterocycles. The molecular formula is C16H11Cl2NO6. The maximum Gasteiger partial charge on any atom is 0.340 e. The molecule has 0 heterocycles. The van der Waals surface area contributed by atoms with E-state index in [1.165, 1.54) is 31.4 Å². The average Bonchev–Trinajstić information content (AvgIpc) is 2.59. The van der Waals surface area contributed by atoms with Crippen molar-refractivity contribution in [1.82, 2.24) is 0 Å². The van der Waals surface area contributed by atoms with E-state index in [0.29, 0.717) is 5.75 Å². The molecule has 0 aliphatic carbocycles. The van der Waals surface area contributed by atoms with E-state index in [4.69, 9.17) is 32.7 Å². The molecule has 0 unspecified atom stereocenters. The van der Waals surface area contributed by atoms with Gasteiger partial charge in [-0.1, -0.05) is 23.2 Å². The Balaban J connectivity index is 2.09. The number of benzene rings is 2. The van der Waals surface area contributed by atoms with Gasteiger partial charge in [0, 0.05) is 17.7 Å². The van der Waals surface area contributed by atoms with Gasteiger partial charge in [0.1, 0.15) is 5.75 Å². The van der Waals surface area contributed by atoms with Crippen molar-refractivity contribution < 1.29 is 24.0 Å². The second-order valence-corrected chi connectivity index (χ2v) is 5.58. The summed E-state index contributed by atoms with van der Waals surface area (Å²) in [5.74, 6) is -1.04. The largest absolute Gasteiger partial charge is 0.495 e. The van der Waals surface area contributed by atoms with E-state index in [1.807, 2.05) is 0 Å². The highest BCUT2D eigenvalue weighted by molar-refractivity contribution is 6.33. The first-order valence-electron chi connectivity index (χ1n) is 6.81. The van der Waals surface area contributed by atoms with Crippen molar-refractivity contribution in [2.75, 3.05) is 13.7 Å². The minimum Gasteiger partial charge on any atom is -0.495 e. The van der Waals surface area contributed by atoms with Crippen LogP contribution in [0.2, 0.25) is 10.0 Å². The first kappa shape index (κ1) is 18.7. The number of rotatable bonds is 6. The van der Waals surface area contributed by atoms with Crippen molar-refractivity contribution in [2.24, 2.45) is 0 Å². The smallest absolute Gasteiger partial charge is 0.340 e. The number of nitro groups is 1. The molecule has 0 fully saturated rings. The normalized spacial score (nSPS) is 10.2. The highest BCUT2D eigenvalue weighted by Gasteiger charge is 2.19. The fourth-order valence-electron chi connectivity index (χ4n) is 1.92. The molecule has 0 saturated carbocycles. The highest BCUT2D eigenvalue weighted by Crippen LogP contribution is 2.25. The summed E-state index contributed by atoms with van der Waals surface area (Å²) in [7, 11) is 1.44.